The molecule has 5 heteroatoms. The van der Waals surface area contributed by atoms with Crippen LogP contribution in [0.3, 0.4) is 0 Å². The minimum atomic E-state index is -0.152. The van der Waals surface area contributed by atoms with Gasteiger partial charge in [-0.25, -0.2) is 0 Å². The number of nitrogens with zero attached hydrogens (tertiary/aromatic N) is 1. The molecule has 1 aromatic rings. The minimum absolute atomic E-state index is 0.0803. The lowest BCUT2D eigenvalue weighted by molar-refractivity contribution is -0.119. The topological polar surface area (TPSA) is 51.2 Å². The van der Waals surface area contributed by atoms with E-state index in [4.69, 9.17) is 0 Å². The number of hydrogen-bond acceptors (Lipinski definition) is 4. The first kappa shape index (κ1) is 9.15. The number of anilines is 1. The molecule has 0 fully saturated rings. The Morgan fingerprint density at radius 1 is 1.83 bits per heavy atom. The molecule has 1 aromatic heterocycles. The number of nitrogens with one attached hydrogen (secondary N) is 1. The van der Waals surface area contributed by atoms with Crippen LogP contribution in [0.25, 0.3) is 0 Å². The lowest BCUT2D eigenvalue weighted by Crippen LogP contribution is -2.16. The Labute approximate surface area is 74.7 Å². The fourth-order valence-corrected chi connectivity index (χ4v) is 1.40. The predicted molar refractivity (Wildman–Crippen MR) is 47.4 cm³/mol. The zero-order valence-electron chi connectivity index (χ0n) is 6.96. The van der Waals surface area contributed by atoms with Gasteiger partial charge < -0.3 is 10.1 Å². The molecule has 0 radical (unpaired) electrons. The van der Waals surface area contributed by atoms with Gasteiger partial charge in [-0.15, -0.1) is 0 Å². The highest BCUT2D eigenvalue weighted by molar-refractivity contribution is 7.10. The number of hydrogen-bond donors (Lipinski definition) is 1. The Hall–Kier alpha value is -0.940. The van der Waals surface area contributed by atoms with Crippen molar-refractivity contribution < 1.29 is 9.53 Å². The number of ether oxygens (including phenoxy) is 1. The molecule has 1 rings (SSSR count). The summed E-state index contributed by atoms with van der Waals surface area (Å²) in [5.74, 6) is -0.152. The van der Waals surface area contributed by atoms with Gasteiger partial charge in [0.25, 0.3) is 5.91 Å². The van der Waals surface area contributed by atoms with Crippen LogP contribution in [0.1, 0.15) is 5.69 Å². The number of rotatable bonds is 3. The summed E-state index contributed by atoms with van der Waals surface area (Å²) in [6, 6.07) is 1.82. The number of aromatic nitrogens is 1. The summed E-state index contributed by atoms with van der Waals surface area (Å²) in [5.41, 5.74) is 0.910. The Bertz CT molecular complexity index is 272. The third-order valence-electron chi connectivity index (χ3n) is 1.17. The third-order valence-corrected chi connectivity index (χ3v) is 1.96. The molecule has 4 nitrogen and oxygen atoms in total. The minimum Gasteiger partial charge on any atom is -0.375 e. The average Bonchev–Trinajstić information content (AvgIpc) is 2.36. The Morgan fingerprint density at radius 2 is 2.58 bits per heavy atom. The monoisotopic (exact) mass is 186 g/mol. The summed E-state index contributed by atoms with van der Waals surface area (Å²) < 4.78 is 8.67. The first-order valence-corrected chi connectivity index (χ1v) is 4.22. The molecular weight excluding hydrogens is 176 g/mol. The highest BCUT2D eigenvalue weighted by Gasteiger charge is 2.02. The molecular formula is C7H10N2O2S. The van der Waals surface area contributed by atoms with E-state index in [1.807, 2.05) is 13.0 Å². The van der Waals surface area contributed by atoms with Gasteiger partial charge in [0.2, 0.25) is 0 Å². The fourth-order valence-electron chi connectivity index (χ4n) is 0.727. The highest BCUT2D eigenvalue weighted by Crippen LogP contribution is 2.14. The summed E-state index contributed by atoms with van der Waals surface area (Å²) in [4.78, 5) is 11.0. The van der Waals surface area contributed by atoms with E-state index in [0.29, 0.717) is 0 Å². The molecule has 0 aliphatic carbocycles. The van der Waals surface area contributed by atoms with Crippen LogP contribution in [0.5, 0.6) is 0 Å². The third kappa shape index (κ3) is 2.60. The molecule has 0 atom stereocenters. The number of carbonyl (C=O) groups is 1. The fraction of sp³-hybridized carbons (Fsp3) is 0.429. The van der Waals surface area contributed by atoms with Gasteiger partial charge in [0.1, 0.15) is 11.6 Å². The second-order valence-corrected chi connectivity index (χ2v) is 3.12. The molecule has 1 amide bonds. The normalized spacial score (nSPS) is 9.83. The molecule has 66 valence electrons. The van der Waals surface area contributed by atoms with Crippen molar-refractivity contribution in [3.63, 3.8) is 0 Å². The lowest BCUT2D eigenvalue weighted by Gasteiger charge is -1.98. The molecule has 12 heavy (non-hydrogen) atoms. The molecule has 0 aliphatic heterocycles. The van der Waals surface area contributed by atoms with Crippen LogP contribution in [-0.4, -0.2) is 24.0 Å². The number of carbonyl (C=O) groups excluding carboxylic acids is 1. The van der Waals surface area contributed by atoms with Gasteiger partial charge in [-0.2, -0.15) is 4.37 Å². The quantitative estimate of drug-likeness (QED) is 0.767. The smallest absolute Gasteiger partial charge is 0.250 e. The van der Waals surface area contributed by atoms with E-state index in [0.717, 1.165) is 10.7 Å². The lowest BCUT2D eigenvalue weighted by atomic mass is 10.5. The van der Waals surface area contributed by atoms with Crippen molar-refractivity contribution in [1.29, 1.82) is 0 Å². The Balaban J connectivity index is 2.46. The van der Waals surface area contributed by atoms with Crippen LogP contribution < -0.4 is 5.32 Å². The first-order chi connectivity index (χ1) is 5.72. The van der Waals surface area contributed by atoms with Gasteiger partial charge in [-0.3, -0.25) is 4.79 Å². The summed E-state index contributed by atoms with van der Waals surface area (Å²) in [5, 5.41) is 3.41. The average molecular weight is 186 g/mol. The van der Waals surface area contributed by atoms with Gasteiger partial charge in [-0.05, 0) is 24.5 Å². The van der Waals surface area contributed by atoms with E-state index >= 15 is 0 Å². The van der Waals surface area contributed by atoms with Crippen LogP contribution in [-0.2, 0) is 9.53 Å². The molecule has 0 spiro atoms. The van der Waals surface area contributed by atoms with Crippen molar-refractivity contribution in [1.82, 2.24) is 4.37 Å². The SMILES string of the molecule is COCC(=O)Nc1cc(C)ns1. The molecule has 0 aliphatic rings. The molecule has 0 unspecified atom stereocenters. The van der Waals surface area contributed by atoms with Gasteiger partial charge in [0.15, 0.2) is 0 Å². The van der Waals surface area contributed by atoms with Crippen LogP contribution >= 0.6 is 11.5 Å². The van der Waals surface area contributed by atoms with Crippen molar-refractivity contribution in [2.75, 3.05) is 19.0 Å². The molecule has 0 aromatic carbocycles. The summed E-state index contributed by atoms with van der Waals surface area (Å²) in [6.07, 6.45) is 0. The summed E-state index contributed by atoms with van der Waals surface area (Å²) in [7, 11) is 1.48. The zero-order chi connectivity index (χ0) is 8.97. The van der Waals surface area contributed by atoms with Crippen molar-refractivity contribution in [2.45, 2.75) is 6.92 Å². The van der Waals surface area contributed by atoms with Crippen LogP contribution in [0.15, 0.2) is 6.07 Å². The number of aryl methyl sites for hydroxylation is 1. The first-order valence-electron chi connectivity index (χ1n) is 3.44. The zero-order valence-corrected chi connectivity index (χ0v) is 7.77. The second-order valence-electron chi connectivity index (χ2n) is 2.31. The molecule has 0 bridgehead atoms. The number of methoxy groups -OCH3 is 1. The maximum absolute atomic E-state index is 11.0. The van der Waals surface area contributed by atoms with Crippen LogP contribution in [0.2, 0.25) is 0 Å². The van der Waals surface area contributed by atoms with E-state index < -0.39 is 0 Å². The van der Waals surface area contributed by atoms with E-state index in [1.54, 1.807) is 0 Å². The summed E-state index contributed by atoms with van der Waals surface area (Å²) in [6.45, 7) is 1.96. The van der Waals surface area contributed by atoms with Gasteiger partial charge >= 0.3 is 0 Å². The van der Waals surface area contributed by atoms with E-state index in [9.17, 15) is 4.79 Å². The molecule has 1 N–H and O–H groups in total. The van der Waals surface area contributed by atoms with Crippen LogP contribution in [0.4, 0.5) is 5.00 Å². The second kappa shape index (κ2) is 4.18. The Kier molecular flexibility index (Phi) is 3.19. The van der Waals surface area contributed by atoms with Crippen molar-refractivity contribution in [3.05, 3.63) is 11.8 Å². The van der Waals surface area contributed by atoms with Crippen LogP contribution in [0, 0.1) is 6.92 Å². The predicted octanol–water partition coefficient (Wildman–Crippen LogP) is 1.04. The van der Waals surface area contributed by atoms with E-state index in [2.05, 4.69) is 14.4 Å². The van der Waals surface area contributed by atoms with Crippen molar-refractivity contribution in [3.8, 4) is 0 Å². The molecule has 0 saturated carbocycles. The van der Waals surface area contributed by atoms with Crippen molar-refractivity contribution >= 4 is 22.4 Å². The van der Waals surface area contributed by atoms with Gasteiger partial charge in [0, 0.05) is 7.11 Å². The van der Waals surface area contributed by atoms with Gasteiger partial charge in [0.05, 0.1) is 5.69 Å². The maximum atomic E-state index is 11.0. The maximum Gasteiger partial charge on any atom is 0.250 e. The number of amides is 1. The van der Waals surface area contributed by atoms with E-state index in [1.165, 1.54) is 18.6 Å². The van der Waals surface area contributed by atoms with Gasteiger partial charge in [-0.1, -0.05) is 0 Å². The van der Waals surface area contributed by atoms with Crippen molar-refractivity contribution in [2.24, 2.45) is 0 Å². The molecule has 1 heterocycles. The largest absolute Gasteiger partial charge is 0.375 e. The highest BCUT2D eigenvalue weighted by atomic mass is 32.1. The summed E-state index contributed by atoms with van der Waals surface area (Å²) >= 11 is 1.27. The standard InChI is InChI=1S/C7H10N2O2S/c1-5-3-7(12-9-5)8-6(10)4-11-2/h3H,4H2,1-2H3,(H,8,10). The van der Waals surface area contributed by atoms with E-state index in [-0.39, 0.29) is 12.5 Å². The molecule has 0 saturated heterocycles. The Morgan fingerprint density at radius 3 is 3.08 bits per heavy atom.